The van der Waals surface area contributed by atoms with Gasteiger partial charge in [0.25, 0.3) is 0 Å². The molecule has 4 nitrogen and oxygen atoms in total. The lowest BCUT2D eigenvalue weighted by Gasteiger charge is -2.32. The number of aliphatic hydroxyl groups excluding tert-OH is 1. The van der Waals surface area contributed by atoms with Crippen LogP contribution in [0, 0.1) is 0 Å². The van der Waals surface area contributed by atoms with Gasteiger partial charge in [0, 0.05) is 13.1 Å². The number of aliphatic hydroxyl groups is 1. The van der Waals surface area contributed by atoms with Crippen molar-refractivity contribution in [3.63, 3.8) is 0 Å². The summed E-state index contributed by atoms with van der Waals surface area (Å²) in [7, 11) is 0. The summed E-state index contributed by atoms with van der Waals surface area (Å²) in [6, 6.07) is 0. The highest BCUT2D eigenvalue weighted by Crippen LogP contribution is 2.03. The van der Waals surface area contributed by atoms with E-state index in [0.29, 0.717) is 18.3 Å². The van der Waals surface area contributed by atoms with E-state index in [1.54, 1.807) is 0 Å². The van der Waals surface area contributed by atoms with Crippen LogP contribution in [0.3, 0.4) is 0 Å². The van der Waals surface area contributed by atoms with Crippen molar-refractivity contribution in [2.75, 3.05) is 26.3 Å². The molecule has 0 aliphatic carbocycles. The van der Waals surface area contributed by atoms with Crippen LogP contribution in [0.5, 0.6) is 0 Å². The Labute approximate surface area is 70.9 Å². The Hall–Kier alpha value is -0.390. The molecule has 0 saturated carbocycles. The molecule has 1 heterocycles. The first-order chi connectivity index (χ1) is 5.24. The van der Waals surface area contributed by atoms with Crippen molar-refractivity contribution in [3.05, 3.63) is 0 Å². The fraction of sp³-hybridized carbons (Fsp3) is 0.833. The largest absolute Gasteiger partial charge is 0.394 e. The molecule has 0 aromatic rings. The van der Waals surface area contributed by atoms with Gasteiger partial charge in [-0.3, -0.25) is 0 Å². The van der Waals surface area contributed by atoms with E-state index in [9.17, 15) is 0 Å². The standard InChI is InChI=1S/C6H12N2O2S/c7-6(11)8-1-2-10-5(3-8)4-9/h5,9H,1-4H2,(H2,7,11)/t5-/m1/s1. The number of thiocarbonyl (C=S) groups is 1. The fourth-order valence-corrected chi connectivity index (χ4v) is 1.20. The van der Waals surface area contributed by atoms with Crippen LogP contribution in [0.4, 0.5) is 0 Å². The highest BCUT2D eigenvalue weighted by molar-refractivity contribution is 7.80. The molecule has 1 fully saturated rings. The Bertz CT molecular complexity index is 154. The molecule has 0 bridgehead atoms. The van der Waals surface area contributed by atoms with Gasteiger partial charge in [0.05, 0.1) is 19.3 Å². The van der Waals surface area contributed by atoms with E-state index < -0.39 is 0 Å². The fourth-order valence-electron chi connectivity index (χ4n) is 1.03. The van der Waals surface area contributed by atoms with Crippen LogP contribution < -0.4 is 5.73 Å². The molecule has 0 amide bonds. The van der Waals surface area contributed by atoms with E-state index in [-0.39, 0.29) is 12.7 Å². The molecule has 5 heteroatoms. The molecule has 1 aliphatic rings. The smallest absolute Gasteiger partial charge is 0.166 e. The predicted molar refractivity (Wildman–Crippen MR) is 45.2 cm³/mol. The van der Waals surface area contributed by atoms with Gasteiger partial charge in [-0.1, -0.05) is 0 Å². The second-order valence-corrected chi connectivity index (χ2v) is 2.88. The van der Waals surface area contributed by atoms with Gasteiger partial charge in [-0.05, 0) is 12.2 Å². The molecule has 11 heavy (non-hydrogen) atoms. The predicted octanol–water partition coefficient (Wildman–Crippen LogP) is -1.08. The zero-order valence-corrected chi connectivity index (χ0v) is 7.01. The van der Waals surface area contributed by atoms with E-state index in [2.05, 4.69) is 0 Å². The van der Waals surface area contributed by atoms with Crippen molar-refractivity contribution < 1.29 is 9.84 Å². The second kappa shape index (κ2) is 3.85. The molecular formula is C6H12N2O2S. The van der Waals surface area contributed by atoms with Crippen molar-refractivity contribution in [1.82, 2.24) is 4.90 Å². The molecule has 0 aromatic heterocycles. The Morgan fingerprint density at radius 3 is 3.09 bits per heavy atom. The van der Waals surface area contributed by atoms with Gasteiger partial charge >= 0.3 is 0 Å². The number of nitrogens with zero attached hydrogens (tertiary/aromatic N) is 1. The first-order valence-electron chi connectivity index (χ1n) is 3.51. The van der Waals surface area contributed by atoms with Crippen LogP contribution in [0.1, 0.15) is 0 Å². The summed E-state index contributed by atoms with van der Waals surface area (Å²) in [5.41, 5.74) is 5.40. The molecule has 1 rings (SSSR count). The van der Waals surface area contributed by atoms with Crippen LogP contribution in [0.25, 0.3) is 0 Å². The molecule has 0 unspecified atom stereocenters. The molecule has 1 saturated heterocycles. The summed E-state index contributed by atoms with van der Waals surface area (Å²) in [5.74, 6) is 0. The minimum Gasteiger partial charge on any atom is -0.394 e. The van der Waals surface area contributed by atoms with Gasteiger partial charge in [0.15, 0.2) is 5.11 Å². The molecule has 0 spiro atoms. The summed E-state index contributed by atoms with van der Waals surface area (Å²) in [6.07, 6.45) is -0.134. The van der Waals surface area contributed by atoms with Crippen LogP contribution in [0.15, 0.2) is 0 Å². The third-order valence-electron chi connectivity index (χ3n) is 1.65. The number of ether oxygens (including phenoxy) is 1. The SMILES string of the molecule is NC(=S)N1CCO[C@@H](CO)C1. The van der Waals surface area contributed by atoms with E-state index in [1.807, 2.05) is 4.90 Å². The van der Waals surface area contributed by atoms with E-state index >= 15 is 0 Å². The Kier molecular flexibility index (Phi) is 3.04. The van der Waals surface area contributed by atoms with Gasteiger partial charge in [-0.25, -0.2) is 0 Å². The summed E-state index contributed by atoms with van der Waals surface area (Å²) in [5, 5.41) is 9.14. The summed E-state index contributed by atoms with van der Waals surface area (Å²) in [4.78, 5) is 1.83. The van der Waals surface area contributed by atoms with E-state index in [0.717, 1.165) is 6.54 Å². The molecule has 3 N–H and O–H groups in total. The summed E-state index contributed by atoms with van der Waals surface area (Å²) >= 11 is 4.78. The highest BCUT2D eigenvalue weighted by atomic mass is 32.1. The zero-order valence-electron chi connectivity index (χ0n) is 6.19. The van der Waals surface area contributed by atoms with Crippen LogP contribution in [0.2, 0.25) is 0 Å². The van der Waals surface area contributed by atoms with Crippen molar-refractivity contribution in [1.29, 1.82) is 0 Å². The van der Waals surface area contributed by atoms with Crippen molar-refractivity contribution in [2.24, 2.45) is 5.73 Å². The first-order valence-corrected chi connectivity index (χ1v) is 3.91. The lowest BCUT2D eigenvalue weighted by Crippen LogP contribution is -2.48. The van der Waals surface area contributed by atoms with Crippen molar-refractivity contribution >= 4 is 17.3 Å². The van der Waals surface area contributed by atoms with Crippen molar-refractivity contribution in [2.45, 2.75) is 6.10 Å². The highest BCUT2D eigenvalue weighted by Gasteiger charge is 2.19. The van der Waals surface area contributed by atoms with Gasteiger partial charge in [-0.2, -0.15) is 0 Å². The quantitative estimate of drug-likeness (QED) is 0.498. The molecule has 0 aromatic carbocycles. The number of morpholine rings is 1. The molecule has 64 valence electrons. The van der Waals surface area contributed by atoms with Crippen LogP contribution in [-0.2, 0) is 4.74 Å². The second-order valence-electron chi connectivity index (χ2n) is 2.46. The Morgan fingerprint density at radius 2 is 2.55 bits per heavy atom. The normalized spacial score (nSPS) is 25.2. The van der Waals surface area contributed by atoms with Gasteiger partial charge in [-0.15, -0.1) is 0 Å². The maximum atomic E-state index is 8.75. The van der Waals surface area contributed by atoms with Gasteiger partial charge in [0.1, 0.15) is 0 Å². The minimum atomic E-state index is -0.134. The Balaban J connectivity index is 2.39. The number of hydrogen-bond acceptors (Lipinski definition) is 3. The van der Waals surface area contributed by atoms with Gasteiger partial charge < -0.3 is 20.5 Å². The lowest BCUT2D eigenvalue weighted by atomic mass is 10.3. The average Bonchev–Trinajstić information content (AvgIpc) is 2.05. The lowest BCUT2D eigenvalue weighted by molar-refractivity contribution is -0.0337. The topological polar surface area (TPSA) is 58.7 Å². The maximum absolute atomic E-state index is 8.75. The third kappa shape index (κ3) is 2.28. The molecule has 0 radical (unpaired) electrons. The molecule has 1 atom stereocenters. The maximum Gasteiger partial charge on any atom is 0.166 e. The Morgan fingerprint density at radius 1 is 1.82 bits per heavy atom. The summed E-state index contributed by atoms with van der Waals surface area (Å²) in [6.45, 7) is 1.94. The number of hydrogen-bond donors (Lipinski definition) is 2. The minimum absolute atomic E-state index is 0.0269. The van der Waals surface area contributed by atoms with Gasteiger partial charge in [0.2, 0.25) is 0 Å². The number of rotatable bonds is 1. The van der Waals surface area contributed by atoms with E-state index in [4.69, 9.17) is 27.8 Å². The monoisotopic (exact) mass is 176 g/mol. The third-order valence-corrected chi connectivity index (χ3v) is 1.91. The van der Waals surface area contributed by atoms with E-state index in [1.165, 1.54) is 0 Å². The molecular weight excluding hydrogens is 164 g/mol. The van der Waals surface area contributed by atoms with Crippen molar-refractivity contribution in [3.8, 4) is 0 Å². The van der Waals surface area contributed by atoms with Crippen LogP contribution >= 0.6 is 12.2 Å². The first kappa shape index (κ1) is 8.70. The molecule has 1 aliphatic heterocycles. The van der Waals surface area contributed by atoms with Crippen LogP contribution in [-0.4, -0.2) is 47.5 Å². The average molecular weight is 176 g/mol. The summed E-state index contributed by atoms with van der Waals surface area (Å²) < 4.78 is 5.20. The zero-order chi connectivity index (χ0) is 8.27. The number of nitrogens with two attached hydrogens (primary N) is 1.